The number of amides is 1. The molecule has 1 aliphatic heterocycles. The summed E-state index contributed by atoms with van der Waals surface area (Å²) in [6.07, 6.45) is 1.33. The number of fused-ring (bicyclic) bond motifs is 1. The van der Waals surface area contributed by atoms with Crippen molar-refractivity contribution in [1.82, 2.24) is 19.4 Å². The van der Waals surface area contributed by atoms with Crippen LogP contribution in [0.2, 0.25) is 0 Å². The number of anilines is 1. The molecule has 2 aromatic rings. The second kappa shape index (κ2) is 5.53. The molecule has 1 aliphatic rings. The summed E-state index contributed by atoms with van der Waals surface area (Å²) in [4.78, 5) is 35.8. The SMILES string of the molecule is CCn1c(N2CCN(C)C(=O)C2C)nc2cc(C(=O)O)cnc21. The molecule has 1 amide bonds. The minimum Gasteiger partial charge on any atom is -0.478 e. The van der Waals surface area contributed by atoms with Crippen LogP contribution in [-0.4, -0.2) is 62.6 Å². The van der Waals surface area contributed by atoms with Crippen molar-refractivity contribution in [3.05, 3.63) is 17.8 Å². The lowest BCUT2D eigenvalue weighted by atomic mass is 10.2. The van der Waals surface area contributed by atoms with Crippen LogP contribution in [-0.2, 0) is 11.3 Å². The molecule has 0 aliphatic carbocycles. The first kappa shape index (κ1) is 15.3. The summed E-state index contributed by atoms with van der Waals surface area (Å²) in [7, 11) is 1.79. The molecule has 0 saturated carbocycles. The van der Waals surface area contributed by atoms with Crippen LogP contribution in [0.1, 0.15) is 24.2 Å². The number of imidazole rings is 1. The molecule has 122 valence electrons. The lowest BCUT2D eigenvalue weighted by molar-refractivity contribution is -0.132. The zero-order valence-electron chi connectivity index (χ0n) is 13.4. The van der Waals surface area contributed by atoms with Crippen LogP contribution in [0.4, 0.5) is 5.95 Å². The summed E-state index contributed by atoms with van der Waals surface area (Å²) in [5.74, 6) is -0.327. The number of carbonyl (C=O) groups excluding carboxylic acids is 1. The molecule has 1 fully saturated rings. The van der Waals surface area contributed by atoms with E-state index in [9.17, 15) is 9.59 Å². The fraction of sp³-hybridized carbons (Fsp3) is 0.467. The van der Waals surface area contributed by atoms with Crippen LogP contribution in [0.3, 0.4) is 0 Å². The van der Waals surface area contributed by atoms with Gasteiger partial charge < -0.3 is 14.9 Å². The van der Waals surface area contributed by atoms with E-state index in [1.807, 2.05) is 23.3 Å². The Bertz CT molecular complexity index is 785. The van der Waals surface area contributed by atoms with Gasteiger partial charge in [-0.15, -0.1) is 0 Å². The molecule has 3 rings (SSSR count). The van der Waals surface area contributed by atoms with Crippen LogP contribution in [0.25, 0.3) is 11.2 Å². The average Bonchev–Trinajstić information content (AvgIpc) is 2.89. The maximum absolute atomic E-state index is 12.2. The molecule has 8 heteroatoms. The van der Waals surface area contributed by atoms with E-state index >= 15 is 0 Å². The first-order valence-electron chi connectivity index (χ1n) is 7.55. The van der Waals surface area contributed by atoms with Crippen LogP contribution in [0.15, 0.2) is 12.3 Å². The number of aromatic nitrogens is 3. The minimum absolute atomic E-state index is 0.0464. The number of pyridine rings is 1. The lowest BCUT2D eigenvalue weighted by Gasteiger charge is -2.38. The van der Waals surface area contributed by atoms with Gasteiger partial charge in [0.25, 0.3) is 0 Å². The first-order chi connectivity index (χ1) is 10.9. The van der Waals surface area contributed by atoms with Gasteiger partial charge in [-0.1, -0.05) is 0 Å². The molecule has 8 nitrogen and oxygen atoms in total. The second-order valence-corrected chi connectivity index (χ2v) is 5.66. The van der Waals surface area contributed by atoms with Gasteiger partial charge in [0.2, 0.25) is 11.9 Å². The zero-order valence-corrected chi connectivity index (χ0v) is 13.4. The molecule has 1 saturated heterocycles. The van der Waals surface area contributed by atoms with Gasteiger partial charge in [0, 0.05) is 32.9 Å². The molecule has 0 aromatic carbocycles. The van der Waals surface area contributed by atoms with Gasteiger partial charge in [0.05, 0.1) is 5.56 Å². The van der Waals surface area contributed by atoms with E-state index in [0.717, 1.165) is 0 Å². The van der Waals surface area contributed by atoms with Gasteiger partial charge in [-0.05, 0) is 19.9 Å². The van der Waals surface area contributed by atoms with Gasteiger partial charge in [-0.3, -0.25) is 9.36 Å². The summed E-state index contributed by atoms with van der Waals surface area (Å²) >= 11 is 0. The molecule has 3 heterocycles. The van der Waals surface area contributed by atoms with Crippen molar-refractivity contribution in [3.8, 4) is 0 Å². The Hall–Kier alpha value is -2.64. The van der Waals surface area contributed by atoms with Crippen molar-refractivity contribution in [2.24, 2.45) is 0 Å². The third-order valence-electron chi connectivity index (χ3n) is 4.26. The average molecular weight is 317 g/mol. The highest BCUT2D eigenvalue weighted by atomic mass is 16.4. The van der Waals surface area contributed by atoms with E-state index < -0.39 is 5.97 Å². The number of likely N-dealkylation sites (N-methyl/N-ethyl adjacent to an activating group) is 1. The normalized spacial score (nSPS) is 18.7. The number of aryl methyl sites for hydroxylation is 1. The third-order valence-corrected chi connectivity index (χ3v) is 4.26. The molecular weight excluding hydrogens is 298 g/mol. The largest absolute Gasteiger partial charge is 0.478 e. The Labute approximate surface area is 133 Å². The maximum Gasteiger partial charge on any atom is 0.337 e. The maximum atomic E-state index is 12.2. The molecule has 1 unspecified atom stereocenters. The van der Waals surface area contributed by atoms with Crippen molar-refractivity contribution < 1.29 is 14.7 Å². The summed E-state index contributed by atoms with van der Waals surface area (Å²) in [6.45, 7) is 5.77. The standard InChI is InChI=1S/C15H19N5O3/c1-4-19-12-11(7-10(8-16-12)14(22)23)17-15(19)20-6-5-18(3)13(21)9(20)2/h7-9H,4-6H2,1-3H3,(H,22,23). The van der Waals surface area contributed by atoms with E-state index in [4.69, 9.17) is 5.11 Å². The Balaban J connectivity index is 2.10. The predicted octanol–water partition coefficient (Wildman–Crippen LogP) is 0.816. The Morgan fingerprint density at radius 3 is 2.83 bits per heavy atom. The van der Waals surface area contributed by atoms with Gasteiger partial charge in [0.15, 0.2) is 5.65 Å². The van der Waals surface area contributed by atoms with Crippen molar-refractivity contribution >= 4 is 29.0 Å². The number of rotatable bonds is 3. The number of carboxylic acids is 1. The molecule has 1 N–H and O–H groups in total. The van der Waals surface area contributed by atoms with Crippen LogP contribution >= 0.6 is 0 Å². The minimum atomic E-state index is -1.03. The van der Waals surface area contributed by atoms with Gasteiger partial charge in [-0.2, -0.15) is 0 Å². The number of nitrogens with zero attached hydrogens (tertiary/aromatic N) is 5. The lowest BCUT2D eigenvalue weighted by Crippen LogP contribution is -2.55. The number of piperazine rings is 1. The van der Waals surface area contributed by atoms with Crippen molar-refractivity contribution in [2.75, 3.05) is 25.0 Å². The number of hydrogen-bond acceptors (Lipinski definition) is 5. The van der Waals surface area contributed by atoms with Crippen LogP contribution in [0.5, 0.6) is 0 Å². The number of carboxylic acid groups (broad SMARTS) is 1. The highest BCUT2D eigenvalue weighted by Crippen LogP contribution is 2.25. The first-order valence-corrected chi connectivity index (χ1v) is 7.55. The molecule has 0 spiro atoms. The van der Waals surface area contributed by atoms with Gasteiger partial charge in [-0.25, -0.2) is 14.8 Å². The van der Waals surface area contributed by atoms with Crippen LogP contribution < -0.4 is 4.90 Å². The van der Waals surface area contributed by atoms with E-state index in [1.54, 1.807) is 11.9 Å². The molecule has 23 heavy (non-hydrogen) atoms. The van der Waals surface area contributed by atoms with E-state index in [0.29, 0.717) is 36.7 Å². The second-order valence-electron chi connectivity index (χ2n) is 5.66. The number of carbonyl (C=O) groups is 2. The van der Waals surface area contributed by atoms with E-state index in [-0.39, 0.29) is 17.5 Å². The Kier molecular flexibility index (Phi) is 3.67. The molecule has 0 radical (unpaired) electrons. The molecule has 0 bridgehead atoms. The molecule has 2 aromatic heterocycles. The van der Waals surface area contributed by atoms with E-state index in [1.165, 1.54) is 12.3 Å². The van der Waals surface area contributed by atoms with Gasteiger partial charge >= 0.3 is 5.97 Å². The predicted molar refractivity (Wildman–Crippen MR) is 84.6 cm³/mol. The fourth-order valence-corrected chi connectivity index (χ4v) is 2.91. The summed E-state index contributed by atoms with van der Waals surface area (Å²) in [5.41, 5.74) is 1.26. The Morgan fingerprint density at radius 2 is 2.17 bits per heavy atom. The third kappa shape index (κ3) is 2.39. The quantitative estimate of drug-likeness (QED) is 0.901. The summed E-state index contributed by atoms with van der Waals surface area (Å²) in [5, 5.41) is 9.10. The molecular formula is C15H19N5O3. The fourth-order valence-electron chi connectivity index (χ4n) is 2.91. The van der Waals surface area contributed by atoms with Crippen LogP contribution in [0, 0.1) is 0 Å². The zero-order chi connectivity index (χ0) is 16.7. The van der Waals surface area contributed by atoms with Crippen molar-refractivity contribution in [1.29, 1.82) is 0 Å². The Morgan fingerprint density at radius 1 is 1.43 bits per heavy atom. The summed E-state index contributed by atoms with van der Waals surface area (Å²) in [6, 6.07) is 1.21. The number of hydrogen-bond donors (Lipinski definition) is 1. The highest BCUT2D eigenvalue weighted by Gasteiger charge is 2.32. The van der Waals surface area contributed by atoms with E-state index in [2.05, 4.69) is 9.97 Å². The van der Waals surface area contributed by atoms with Gasteiger partial charge in [0.1, 0.15) is 11.6 Å². The molecule has 1 atom stereocenters. The topological polar surface area (TPSA) is 91.6 Å². The summed E-state index contributed by atoms with van der Waals surface area (Å²) < 4.78 is 1.91. The number of aromatic carboxylic acids is 1. The monoisotopic (exact) mass is 317 g/mol. The van der Waals surface area contributed by atoms with Crippen molar-refractivity contribution in [3.63, 3.8) is 0 Å². The van der Waals surface area contributed by atoms with Crippen molar-refractivity contribution in [2.45, 2.75) is 26.4 Å². The smallest absolute Gasteiger partial charge is 0.337 e. The highest BCUT2D eigenvalue weighted by molar-refractivity contribution is 5.91.